The van der Waals surface area contributed by atoms with Gasteiger partial charge in [-0.25, -0.2) is 9.97 Å². The topological polar surface area (TPSA) is 44.2 Å². The average Bonchev–Trinajstić information content (AvgIpc) is 2.29. The van der Waals surface area contributed by atoms with Crippen LogP contribution in [0.3, 0.4) is 0 Å². The van der Waals surface area contributed by atoms with E-state index in [0.717, 1.165) is 5.56 Å². The van der Waals surface area contributed by atoms with Crippen LogP contribution < -0.4 is 0 Å². The maximum atomic E-state index is 5.65. The molecule has 5 heteroatoms. The summed E-state index contributed by atoms with van der Waals surface area (Å²) in [6.45, 7) is 6.88. The van der Waals surface area contributed by atoms with Gasteiger partial charge in [0, 0.05) is 25.6 Å². The lowest BCUT2D eigenvalue weighted by Crippen LogP contribution is -2.37. The quantitative estimate of drug-likeness (QED) is 0.596. The number of hydrogen-bond acceptors (Lipinski definition) is 4. The Balaban J connectivity index is 3.02. The highest BCUT2D eigenvalue weighted by molar-refractivity contribution is 9.09. The molecule has 0 aliphatic rings. The normalized spacial score (nSPS) is 11.8. The molecule has 0 aromatic carbocycles. The monoisotopic (exact) mass is 288 g/mol. The number of aromatic nitrogens is 2. The summed E-state index contributed by atoms with van der Waals surface area (Å²) < 4.78 is 11.3. The molecule has 0 spiro atoms. The van der Waals surface area contributed by atoms with Gasteiger partial charge in [-0.3, -0.25) is 0 Å². The van der Waals surface area contributed by atoms with Crippen molar-refractivity contribution in [1.82, 2.24) is 9.97 Å². The van der Waals surface area contributed by atoms with E-state index < -0.39 is 5.79 Å². The van der Waals surface area contributed by atoms with Gasteiger partial charge < -0.3 is 9.47 Å². The minimum Gasteiger partial charge on any atom is -0.343 e. The number of nitrogens with zero attached hydrogens (tertiary/aromatic N) is 2. The third kappa shape index (κ3) is 2.99. The van der Waals surface area contributed by atoms with Crippen LogP contribution in [0.25, 0.3) is 0 Å². The Hall–Kier alpha value is -0.520. The predicted octanol–water partition coefficient (Wildman–Crippen LogP) is 2.41. The van der Waals surface area contributed by atoms with E-state index in [1.54, 1.807) is 12.4 Å². The van der Waals surface area contributed by atoms with Crippen molar-refractivity contribution < 1.29 is 9.47 Å². The van der Waals surface area contributed by atoms with Crippen LogP contribution >= 0.6 is 15.9 Å². The molecule has 1 aromatic heterocycles. The molecule has 0 N–H and O–H groups in total. The predicted molar refractivity (Wildman–Crippen MR) is 65.5 cm³/mol. The van der Waals surface area contributed by atoms with E-state index >= 15 is 0 Å². The zero-order valence-electron chi connectivity index (χ0n) is 9.86. The van der Waals surface area contributed by atoms with Crippen molar-refractivity contribution in [3.8, 4) is 0 Å². The van der Waals surface area contributed by atoms with Gasteiger partial charge in [-0.2, -0.15) is 0 Å². The maximum Gasteiger partial charge on any atom is 0.240 e. The van der Waals surface area contributed by atoms with Gasteiger partial charge >= 0.3 is 0 Å². The van der Waals surface area contributed by atoms with Crippen molar-refractivity contribution in [2.75, 3.05) is 18.5 Å². The Labute approximate surface area is 105 Å². The van der Waals surface area contributed by atoms with Crippen LogP contribution in [0.1, 0.15) is 25.2 Å². The van der Waals surface area contributed by atoms with Gasteiger partial charge in [0.15, 0.2) is 5.82 Å². The minimum absolute atomic E-state index is 0.505. The molecule has 0 unspecified atom stereocenters. The SMILES string of the molecule is CCOC(CBr)(OCC)c1ncc(C)cn1. The molecule has 0 bridgehead atoms. The Bertz CT molecular complexity index is 310. The summed E-state index contributed by atoms with van der Waals surface area (Å²) >= 11 is 3.40. The van der Waals surface area contributed by atoms with E-state index in [-0.39, 0.29) is 0 Å². The highest BCUT2D eigenvalue weighted by Crippen LogP contribution is 2.26. The molecule has 0 aliphatic carbocycles. The highest BCUT2D eigenvalue weighted by atomic mass is 79.9. The Morgan fingerprint density at radius 2 is 1.69 bits per heavy atom. The zero-order valence-corrected chi connectivity index (χ0v) is 11.5. The second kappa shape index (κ2) is 6.27. The van der Waals surface area contributed by atoms with E-state index in [1.807, 2.05) is 20.8 Å². The fourth-order valence-corrected chi connectivity index (χ4v) is 1.94. The number of alkyl halides is 1. The Morgan fingerprint density at radius 3 is 2.06 bits per heavy atom. The molecule has 16 heavy (non-hydrogen) atoms. The molecule has 0 atom stereocenters. The van der Waals surface area contributed by atoms with Crippen LogP contribution in [0.2, 0.25) is 0 Å². The van der Waals surface area contributed by atoms with E-state index in [0.29, 0.717) is 24.4 Å². The molecule has 1 heterocycles. The van der Waals surface area contributed by atoms with Crippen molar-refractivity contribution in [2.45, 2.75) is 26.6 Å². The largest absolute Gasteiger partial charge is 0.343 e. The minimum atomic E-state index is -0.878. The summed E-state index contributed by atoms with van der Waals surface area (Å²) in [6.07, 6.45) is 3.52. The van der Waals surface area contributed by atoms with Crippen molar-refractivity contribution in [1.29, 1.82) is 0 Å². The number of ether oxygens (including phenoxy) is 2. The van der Waals surface area contributed by atoms with Crippen molar-refractivity contribution in [3.63, 3.8) is 0 Å². The molecule has 1 rings (SSSR count). The van der Waals surface area contributed by atoms with Gasteiger partial charge in [-0.1, -0.05) is 15.9 Å². The van der Waals surface area contributed by atoms with E-state index in [4.69, 9.17) is 9.47 Å². The van der Waals surface area contributed by atoms with Crippen LogP contribution in [-0.4, -0.2) is 28.5 Å². The fraction of sp³-hybridized carbons (Fsp3) is 0.636. The first-order chi connectivity index (χ1) is 7.68. The molecule has 90 valence electrons. The van der Waals surface area contributed by atoms with Crippen LogP contribution in [0, 0.1) is 6.92 Å². The smallest absolute Gasteiger partial charge is 0.240 e. The summed E-state index contributed by atoms with van der Waals surface area (Å²) in [6, 6.07) is 0. The lowest BCUT2D eigenvalue weighted by Gasteiger charge is -2.29. The highest BCUT2D eigenvalue weighted by Gasteiger charge is 2.35. The molecular weight excluding hydrogens is 272 g/mol. The first-order valence-electron chi connectivity index (χ1n) is 5.31. The average molecular weight is 289 g/mol. The number of aryl methyl sites for hydroxylation is 1. The van der Waals surface area contributed by atoms with E-state index in [1.165, 1.54) is 0 Å². The third-order valence-corrected chi connectivity index (χ3v) is 2.79. The molecule has 1 aromatic rings. The van der Waals surface area contributed by atoms with Crippen LogP contribution in [0.5, 0.6) is 0 Å². The Morgan fingerprint density at radius 1 is 1.19 bits per heavy atom. The molecule has 0 radical (unpaired) electrons. The van der Waals surface area contributed by atoms with E-state index in [2.05, 4.69) is 25.9 Å². The molecule has 0 saturated heterocycles. The van der Waals surface area contributed by atoms with Crippen molar-refractivity contribution >= 4 is 15.9 Å². The molecule has 0 aliphatic heterocycles. The second-order valence-corrected chi connectivity index (χ2v) is 3.90. The first-order valence-corrected chi connectivity index (χ1v) is 6.43. The summed E-state index contributed by atoms with van der Waals surface area (Å²) in [5, 5.41) is 0.505. The first kappa shape index (κ1) is 13.5. The number of hydrogen-bond donors (Lipinski definition) is 0. The summed E-state index contributed by atoms with van der Waals surface area (Å²) in [4.78, 5) is 8.54. The lowest BCUT2D eigenvalue weighted by atomic mass is 10.2. The van der Waals surface area contributed by atoms with Gasteiger partial charge in [0.1, 0.15) is 0 Å². The fourth-order valence-electron chi connectivity index (χ4n) is 1.36. The number of halogens is 1. The van der Waals surface area contributed by atoms with Gasteiger partial charge in [-0.15, -0.1) is 0 Å². The van der Waals surface area contributed by atoms with Crippen molar-refractivity contribution in [2.24, 2.45) is 0 Å². The van der Waals surface area contributed by atoms with Crippen LogP contribution in [-0.2, 0) is 15.3 Å². The van der Waals surface area contributed by atoms with Gasteiger partial charge in [0.05, 0.1) is 5.33 Å². The van der Waals surface area contributed by atoms with Gasteiger partial charge in [-0.05, 0) is 26.3 Å². The maximum absolute atomic E-state index is 5.65. The van der Waals surface area contributed by atoms with Gasteiger partial charge in [0.2, 0.25) is 5.79 Å². The zero-order chi connectivity index (χ0) is 12.0. The number of rotatable bonds is 6. The van der Waals surface area contributed by atoms with Crippen molar-refractivity contribution in [3.05, 3.63) is 23.8 Å². The molecular formula is C11H17BrN2O2. The second-order valence-electron chi connectivity index (χ2n) is 3.34. The third-order valence-electron chi connectivity index (χ3n) is 2.05. The molecule has 0 fully saturated rings. The van der Waals surface area contributed by atoms with E-state index in [9.17, 15) is 0 Å². The summed E-state index contributed by atoms with van der Waals surface area (Å²) in [7, 11) is 0. The summed E-state index contributed by atoms with van der Waals surface area (Å²) in [5.74, 6) is -0.323. The summed E-state index contributed by atoms with van der Waals surface area (Å²) in [5.41, 5.74) is 1.01. The van der Waals surface area contributed by atoms with Crippen LogP contribution in [0.4, 0.5) is 0 Å². The molecule has 0 saturated carbocycles. The van der Waals surface area contributed by atoms with Crippen LogP contribution in [0.15, 0.2) is 12.4 Å². The molecule has 4 nitrogen and oxygen atoms in total. The standard InChI is InChI=1S/C11H17BrN2O2/c1-4-15-11(8-12,16-5-2)10-13-6-9(3)7-14-10/h6-7H,4-5,8H2,1-3H3. The van der Waals surface area contributed by atoms with Gasteiger partial charge in [0.25, 0.3) is 0 Å². The lowest BCUT2D eigenvalue weighted by molar-refractivity contribution is -0.230. The molecule has 0 amide bonds. The Kier molecular flexibility index (Phi) is 5.31.